The number of aryl methyl sites for hydroxylation is 1. The molecule has 0 saturated carbocycles. The maximum absolute atomic E-state index is 13.3. The molecule has 1 aliphatic heterocycles. The number of hydrogen-bond acceptors (Lipinski definition) is 6. The van der Waals surface area contributed by atoms with Gasteiger partial charge in [-0.2, -0.15) is 0 Å². The first kappa shape index (κ1) is 25.7. The highest BCUT2D eigenvalue weighted by atomic mass is 16.5. The molecular weight excluding hydrogens is 470 g/mol. The third-order valence-electron chi connectivity index (χ3n) is 6.13. The predicted molar refractivity (Wildman–Crippen MR) is 139 cm³/mol. The summed E-state index contributed by atoms with van der Waals surface area (Å²) in [6.07, 6.45) is 0. The number of likely N-dealkylation sites (tertiary alicyclic amines) is 1. The van der Waals surface area contributed by atoms with Crippen molar-refractivity contribution in [3.05, 3.63) is 106 Å². The molecule has 1 aliphatic rings. The van der Waals surface area contributed by atoms with E-state index in [9.17, 15) is 19.5 Å². The van der Waals surface area contributed by atoms with Crippen LogP contribution >= 0.6 is 0 Å². The zero-order valence-electron chi connectivity index (χ0n) is 21.1. The normalized spacial score (nSPS) is 16.6. The number of rotatable bonds is 8. The van der Waals surface area contributed by atoms with Crippen LogP contribution in [-0.2, 0) is 20.9 Å². The number of esters is 1. The van der Waals surface area contributed by atoms with Gasteiger partial charge in [0.25, 0.3) is 11.7 Å². The van der Waals surface area contributed by atoms with Gasteiger partial charge in [0.2, 0.25) is 0 Å². The number of ketones is 1. The van der Waals surface area contributed by atoms with Crippen molar-refractivity contribution >= 4 is 23.4 Å². The maximum Gasteiger partial charge on any atom is 0.338 e. The topological polar surface area (TPSA) is 93.1 Å². The summed E-state index contributed by atoms with van der Waals surface area (Å²) >= 11 is 0. The number of carbonyl (C=O) groups is 3. The smallest absolute Gasteiger partial charge is 0.338 e. The van der Waals surface area contributed by atoms with Gasteiger partial charge >= 0.3 is 5.97 Å². The van der Waals surface area contributed by atoms with Crippen molar-refractivity contribution in [2.75, 3.05) is 13.2 Å². The second kappa shape index (κ2) is 11.1. The van der Waals surface area contributed by atoms with Gasteiger partial charge in [-0.15, -0.1) is 0 Å². The van der Waals surface area contributed by atoms with E-state index >= 15 is 0 Å². The quantitative estimate of drug-likeness (QED) is 0.198. The lowest BCUT2D eigenvalue weighted by Crippen LogP contribution is -2.29. The number of benzene rings is 3. The molecule has 7 nitrogen and oxygen atoms in total. The van der Waals surface area contributed by atoms with Crippen LogP contribution in [0.1, 0.15) is 52.5 Å². The first-order valence-corrected chi connectivity index (χ1v) is 12.2. The molecule has 3 aromatic rings. The Morgan fingerprint density at radius 2 is 1.65 bits per heavy atom. The fourth-order valence-corrected chi connectivity index (χ4v) is 4.44. The summed E-state index contributed by atoms with van der Waals surface area (Å²) in [5, 5.41) is 11.3. The number of ether oxygens (including phenoxy) is 2. The second-order valence-electron chi connectivity index (χ2n) is 8.72. The molecule has 37 heavy (non-hydrogen) atoms. The van der Waals surface area contributed by atoms with Crippen molar-refractivity contribution in [2.24, 2.45) is 0 Å². The summed E-state index contributed by atoms with van der Waals surface area (Å²) in [5.41, 5.74) is 3.21. The van der Waals surface area contributed by atoms with Crippen LogP contribution in [0, 0.1) is 6.92 Å². The summed E-state index contributed by atoms with van der Waals surface area (Å²) in [5.74, 6) is -1.60. The van der Waals surface area contributed by atoms with Crippen molar-refractivity contribution in [3.8, 4) is 5.75 Å². The molecule has 1 saturated heterocycles. The average molecular weight is 500 g/mol. The fraction of sp³-hybridized carbons (Fsp3) is 0.233. The summed E-state index contributed by atoms with van der Waals surface area (Å²) in [6.45, 7) is 6.36. The first-order chi connectivity index (χ1) is 17.8. The van der Waals surface area contributed by atoms with Crippen LogP contribution in [-0.4, -0.2) is 40.9 Å². The molecule has 0 aliphatic carbocycles. The first-order valence-electron chi connectivity index (χ1n) is 12.2. The third kappa shape index (κ3) is 5.40. The van der Waals surface area contributed by atoms with Crippen molar-refractivity contribution < 1.29 is 29.0 Å². The standard InChI is InChI=1S/C30H29NO6/c1-4-36-24-11-7-10-23(17-24)27(32)25-26(22-9-6-8-19(3)16-22)31(29(34)28(25)33)18-20-12-14-21(15-13-20)30(35)37-5-2/h6-17,26,32H,4-5,18H2,1-3H3/b27-25+. The van der Waals surface area contributed by atoms with Crippen LogP contribution in [0.5, 0.6) is 5.75 Å². The highest BCUT2D eigenvalue weighted by molar-refractivity contribution is 6.46. The monoisotopic (exact) mass is 499 g/mol. The average Bonchev–Trinajstić information content (AvgIpc) is 3.14. The Hall–Kier alpha value is -4.39. The summed E-state index contributed by atoms with van der Waals surface area (Å²) in [7, 11) is 0. The van der Waals surface area contributed by atoms with Crippen molar-refractivity contribution in [1.29, 1.82) is 0 Å². The van der Waals surface area contributed by atoms with E-state index in [2.05, 4.69) is 0 Å². The molecule has 3 aromatic carbocycles. The van der Waals surface area contributed by atoms with Crippen LogP contribution < -0.4 is 4.74 Å². The van der Waals surface area contributed by atoms with E-state index in [-0.39, 0.29) is 24.5 Å². The Labute approximate surface area is 215 Å². The zero-order chi connectivity index (χ0) is 26.5. The summed E-state index contributed by atoms with van der Waals surface area (Å²) in [6, 6.07) is 20.2. The SMILES string of the molecule is CCOC(=O)c1ccc(CN2C(=O)C(=O)/C(=C(/O)c3cccc(OCC)c3)C2c2cccc(C)c2)cc1. The molecule has 0 radical (unpaired) electrons. The minimum Gasteiger partial charge on any atom is -0.507 e. The fourth-order valence-electron chi connectivity index (χ4n) is 4.44. The molecular formula is C30H29NO6. The van der Waals surface area contributed by atoms with E-state index < -0.39 is 23.7 Å². The van der Waals surface area contributed by atoms with E-state index in [1.807, 2.05) is 38.1 Å². The lowest BCUT2D eigenvalue weighted by atomic mass is 9.94. The lowest BCUT2D eigenvalue weighted by molar-refractivity contribution is -0.140. The minimum atomic E-state index is -0.791. The van der Waals surface area contributed by atoms with Crippen LogP contribution in [0.3, 0.4) is 0 Å². The number of nitrogens with zero attached hydrogens (tertiary/aromatic N) is 1. The van der Waals surface area contributed by atoms with Gasteiger partial charge in [-0.05, 0) is 56.2 Å². The van der Waals surface area contributed by atoms with E-state index in [1.165, 1.54) is 4.90 Å². The molecule has 1 N–H and O–H groups in total. The number of aliphatic hydroxyl groups is 1. The van der Waals surface area contributed by atoms with E-state index in [0.717, 1.165) is 11.1 Å². The van der Waals surface area contributed by atoms with Crippen molar-refractivity contribution in [1.82, 2.24) is 4.90 Å². The van der Waals surface area contributed by atoms with Crippen LogP contribution in [0.4, 0.5) is 0 Å². The molecule has 1 amide bonds. The predicted octanol–water partition coefficient (Wildman–Crippen LogP) is 5.19. The zero-order valence-corrected chi connectivity index (χ0v) is 21.1. The van der Waals surface area contributed by atoms with Crippen molar-refractivity contribution in [2.45, 2.75) is 33.4 Å². The molecule has 190 valence electrons. The molecule has 0 bridgehead atoms. The highest BCUT2D eigenvalue weighted by Crippen LogP contribution is 2.40. The van der Waals surface area contributed by atoms with Crippen LogP contribution in [0.2, 0.25) is 0 Å². The number of aliphatic hydroxyl groups excluding tert-OH is 1. The molecule has 0 aromatic heterocycles. The van der Waals surface area contributed by atoms with E-state index in [1.54, 1.807) is 55.5 Å². The van der Waals surface area contributed by atoms with Gasteiger partial charge in [0.15, 0.2) is 0 Å². The van der Waals surface area contributed by atoms with Crippen LogP contribution in [0.15, 0.2) is 78.4 Å². The number of hydrogen-bond donors (Lipinski definition) is 1. The largest absolute Gasteiger partial charge is 0.507 e. The molecule has 1 atom stereocenters. The van der Waals surface area contributed by atoms with Gasteiger partial charge < -0.3 is 19.5 Å². The van der Waals surface area contributed by atoms with Gasteiger partial charge in [-0.3, -0.25) is 9.59 Å². The lowest BCUT2D eigenvalue weighted by Gasteiger charge is -2.26. The summed E-state index contributed by atoms with van der Waals surface area (Å²) < 4.78 is 10.6. The number of Topliss-reactive ketones (excluding diaryl/α,β-unsaturated/α-hetero) is 1. The number of amides is 1. The summed E-state index contributed by atoms with van der Waals surface area (Å²) in [4.78, 5) is 40.1. The highest BCUT2D eigenvalue weighted by Gasteiger charge is 2.46. The number of carbonyl (C=O) groups excluding carboxylic acids is 3. The Morgan fingerprint density at radius 1 is 0.919 bits per heavy atom. The Kier molecular flexibility index (Phi) is 7.72. The van der Waals surface area contributed by atoms with E-state index in [0.29, 0.717) is 29.0 Å². The second-order valence-corrected chi connectivity index (χ2v) is 8.72. The third-order valence-corrected chi connectivity index (χ3v) is 6.13. The van der Waals surface area contributed by atoms with Gasteiger partial charge in [0.05, 0.1) is 30.4 Å². The molecule has 7 heteroatoms. The molecule has 1 heterocycles. The Morgan fingerprint density at radius 3 is 2.32 bits per heavy atom. The van der Waals surface area contributed by atoms with Gasteiger partial charge in [-0.1, -0.05) is 54.1 Å². The Balaban J connectivity index is 1.77. The molecule has 4 rings (SSSR count). The van der Waals surface area contributed by atoms with Gasteiger partial charge in [0.1, 0.15) is 11.5 Å². The maximum atomic E-state index is 13.3. The van der Waals surface area contributed by atoms with E-state index in [4.69, 9.17) is 9.47 Å². The van der Waals surface area contributed by atoms with Crippen LogP contribution in [0.25, 0.3) is 5.76 Å². The van der Waals surface area contributed by atoms with Gasteiger partial charge in [-0.25, -0.2) is 4.79 Å². The van der Waals surface area contributed by atoms with Gasteiger partial charge in [0, 0.05) is 12.1 Å². The molecule has 1 fully saturated rings. The molecule has 1 unspecified atom stereocenters. The molecule has 0 spiro atoms. The Bertz CT molecular complexity index is 1360. The minimum absolute atomic E-state index is 0.0207. The van der Waals surface area contributed by atoms with Crippen molar-refractivity contribution in [3.63, 3.8) is 0 Å².